The smallest absolute Gasteiger partial charge is 0.345 e. The molecule has 0 saturated heterocycles. The number of ether oxygens (including phenoxy) is 1. The minimum atomic E-state index is -0.912. The lowest BCUT2D eigenvalue weighted by Crippen LogP contribution is -1.94. The van der Waals surface area contributed by atoms with Crippen LogP contribution in [0.25, 0.3) is 0 Å². The van der Waals surface area contributed by atoms with Crippen LogP contribution in [0.2, 0.25) is 0 Å². The van der Waals surface area contributed by atoms with E-state index in [0.29, 0.717) is 17.9 Å². The van der Waals surface area contributed by atoms with Crippen LogP contribution in [0.4, 0.5) is 0 Å². The molecule has 4 nitrogen and oxygen atoms in total. The van der Waals surface area contributed by atoms with Gasteiger partial charge in [0.05, 0.1) is 0 Å². The molecule has 2 N–H and O–H groups in total. The van der Waals surface area contributed by atoms with Crippen LogP contribution in [-0.2, 0) is 13.0 Å². The molecular formula is C14H14O4S. The van der Waals surface area contributed by atoms with Crippen LogP contribution in [0.3, 0.4) is 0 Å². The lowest BCUT2D eigenvalue weighted by Gasteiger charge is -2.05. The number of rotatable bonds is 6. The Kier molecular flexibility index (Phi) is 4.54. The van der Waals surface area contributed by atoms with Crippen LogP contribution in [0.15, 0.2) is 36.4 Å². The normalized spacial score (nSPS) is 10.4. The second-order valence-electron chi connectivity index (χ2n) is 3.98. The van der Waals surface area contributed by atoms with Crippen LogP contribution >= 0.6 is 11.3 Å². The van der Waals surface area contributed by atoms with Crippen molar-refractivity contribution in [2.75, 3.05) is 6.61 Å². The third kappa shape index (κ3) is 3.81. The van der Waals surface area contributed by atoms with Gasteiger partial charge in [0.2, 0.25) is 0 Å². The molecular weight excluding hydrogens is 264 g/mol. The molecule has 0 atom stereocenters. The number of benzene rings is 1. The molecule has 0 radical (unpaired) electrons. The summed E-state index contributed by atoms with van der Waals surface area (Å²) in [6, 6.07) is 10.8. The summed E-state index contributed by atoms with van der Waals surface area (Å²) in [4.78, 5) is 11.9. The lowest BCUT2D eigenvalue weighted by atomic mass is 10.1. The van der Waals surface area contributed by atoms with E-state index >= 15 is 0 Å². The average molecular weight is 278 g/mol. The molecule has 19 heavy (non-hydrogen) atoms. The third-order valence-electron chi connectivity index (χ3n) is 2.58. The van der Waals surface area contributed by atoms with E-state index in [1.54, 1.807) is 12.1 Å². The van der Waals surface area contributed by atoms with E-state index < -0.39 is 5.97 Å². The van der Waals surface area contributed by atoms with Gasteiger partial charge in [-0.2, -0.15) is 0 Å². The summed E-state index contributed by atoms with van der Waals surface area (Å²) in [6.45, 7) is 0.491. The molecule has 0 unspecified atom stereocenters. The molecule has 0 saturated carbocycles. The fourth-order valence-electron chi connectivity index (χ4n) is 1.61. The fourth-order valence-corrected chi connectivity index (χ4v) is 2.37. The van der Waals surface area contributed by atoms with E-state index in [-0.39, 0.29) is 6.61 Å². The zero-order valence-corrected chi connectivity index (χ0v) is 11.0. The second-order valence-corrected chi connectivity index (χ2v) is 5.15. The van der Waals surface area contributed by atoms with Gasteiger partial charge in [-0.25, -0.2) is 4.79 Å². The van der Waals surface area contributed by atoms with Crippen molar-refractivity contribution in [3.05, 3.63) is 51.7 Å². The maximum absolute atomic E-state index is 10.7. The number of hydrogen-bond acceptors (Lipinski definition) is 4. The van der Waals surface area contributed by atoms with Crippen LogP contribution in [0.1, 0.15) is 20.1 Å². The lowest BCUT2D eigenvalue weighted by molar-refractivity contribution is 0.0702. The predicted molar refractivity (Wildman–Crippen MR) is 72.8 cm³/mol. The molecule has 100 valence electrons. The van der Waals surface area contributed by atoms with Gasteiger partial charge < -0.3 is 14.9 Å². The number of thiophene rings is 1. The van der Waals surface area contributed by atoms with Crippen LogP contribution < -0.4 is 4.74 Å². The Labute approximate surface area is 114 Å². The van der Waals surface area contributed by atoms with E-state index in [1.807, 2.05) is 24.3 Å². The topological polar surface area (TPSA) is 66.8 Å². The summed E-state index contributed by atoms with van der Waals surface area (Å²) >= 11 is 1.21. The number of aliphatic hydroxyl groups is 1. The number of carboxylic acids is 1. The van der Waals surface area contributed by atoms with Gasteiger partial charge in [0, 0.05) is 11.5 Å². The minimum absolute atomic E-state index is 0.132. The van der Waals surface area contributed by atoms with Crippen molar-refractivity contribution in [2.45, 2.75) is 13.0 Å². The van der Waals surface area contributed by atoms with Crippen molar-refractivity contribution >= 4 is 17.3 Å². The number of carbonyl (C=O) groups is 1. The zero-order valence-electron chi connectivity index (χ0n) is 10.2. The van der Waals surface area contributed by atoms with Crippen molar-refractivity contribution in [3.8, 4) is 5.75 Å². The third-order valence-corrected chi connectivity index (χ3v) is 3.62. The Morgan fingerprint density at radius 3 is 2.47 bits per heavy atom. The first-order valence-corrected chi connectivity index (χ1v) is 6.65. The van der Waals surface area contributed by atoms with Gasteiger partial charge in [0.15, 0.2) is 0 Å². The second kappa shape index (κ2) is 6.36. The van der Waals surface area contributed by atoms with Crippen molar-refractivity contribution in [3.63, 3.8) is 0 Å². The minimum Gasteiger partial charge on any atom is -0.488 e. The SMILES string of the molecule is O=C(O)c1ccc(COc2ccc(CCO)cc2)s1. The van der Waals surface area contributed by atoms with Crippen molar-refractivity contribution in [2.24, 2.45) is 0 Å². The monoisotopic (exact) mass is 278 g/mol. The summed E-state index contributed by atoms with van der Waals surface area (Å²) in [7, 11) is 0. The maximum Gasteiger partial charge on any atom is 0.345 e. The highest BCUT2D eigenvalue weighted by molar-refractivity contribution is 7.13. The van der Waals surface area contributed by atoms with Crippen LogP contribution in [-0.4, -0.2) is 22.8 Å². The molecule has 0 fully saturated rings. The predicted octanol–water partition coefficient (Wildman–Crippen LogP) is 2.56. The van der Waals surface area contributed by atoms with Gasteiger partial charge in [0.1, 0.15) is 17.2 Å². The Balaban J connectivity index is 1.92. The molecule has 0 amide bonds. The largest absolute Gasteiger partial charge is 0.488 e. The average Bonchev–Trinajstić information content (AvgIpc) is 2.87. The van der Waals surface area contributed by atoms with E-state index in [9.17, 15) is 4.79 Å². The molecule has 1 heterocycles. The molecule has 1 aromatic carbocycles. The molecule has 2 aromatic rings. The molecule has 0 aliphatic heterocycles. The molecule has 0 spiro atoms. The Bertz CT molecular complexity index is 545. The highest BCUT2D eigenvalue weighted by atomic mass is 32.1. The summed E-state index contributed by atoms with van der Waals surface area (Å²) in [5.41, 5.74) is 1.05. The van der Waals surface area contributed by atoms with E-state index in [0.717, 1.165) is 16.2 Å². The first kappa shape index (κ1) is 13.6. The highest BCUT2D eigenvalue weighted by Gasteiger charge is 2.07. The number of carboxylic acid groups (broad SMARTS) is 1. The van der Waals surface area contributed by atoms with Crippen molar-refractivity contribution < 1.29 is 19.7 Å². The highest BCUT2D eigenvalue weighted by Crippen LogP contribution is 2.19. The standard InChI is InChI=1S/C14H14O4S/c15-8-7-10-1-3-11(4-2-10)18-9-12-5-6-13(19-12)14(16)17/h1-6,15H,7-9H2,(H,16,17). The number of hydrogen-bond donors (Lipinski definition) is 2. The van der Waals surface area contributed by atoms with Gasteiger partial charge in [0.25, 0.3) is 0 Å². The molecule has 0 aliphatic carbocycles. The molecule has 5 heteroatoms. The van der Waals surface area contributed by atoms with Gasteiger partial charge in [-0.15, -0.1) is 11.3 Å². The van der Waals surface area contributed by atoms with Crippen molar-refractivity contribution in [1.82, 2.24) is 0 Å². The molecule has 1 aromatic heterocycles. The zero-order chi connectivity index (χ0) is 13.7. The van der Waals surface area contributed by atoms with Crippen LogP contribution in [0, 0.1) is 0 Å². The number of aliphatic hydroxyl groups excluding tert-OH is 1. The number of aromatic carboxylic acids is 1. The Hall–Kier alpha value is -1.85. The molecule has 0 bridgehead atoms. The molecule has 2 rings (SSSR count). The Morgan fingerprint density at radius 1 is 1.16 bits per heavy atom. The quantitative estimate of drug-likeness (QED) is 0.852. The van der Waals surface area contributed by atoms with Crippen LogP contribution in [0.5, 0.6) is 5.75 Å². The molecule has 0 aliphatic rings. The van der Waals surface area contributed by atoms with Gasteiger partial charge in [-0.3, -0.25) is 0 Å². The summed E-state index contributed by atoms with van der Waals surface area (Å²) in [6.07, 6.45) is 0.632. The van der Waals surface area contributed by atoms with Crippen molar-refractivity contribution in [1.29, 1.82) is 0 Å². The summed E-state index contributed by atoms with van der Waals surface area (Å²) < 4.78 is 5.57. The first-order valence-electron chi connectivity index (χ1n) is 5.83. The summed E-state index contributed by atoms with van der Waals surface area (Å²) in [5, 5.41) is 17.6. The first-order chi connectivity index (χ1) is 9.19. The summed E-state index contributed by atoms with van der Waals surface area (Å²) in [5.74, 6) is -0.184. The fraction of sp³-hybridized carbons (Fsp3) is 0.214. The maximum atomic E-state index is 10.7. The Morgan fingerprint density at radius 2 is 1.89 bits per heavy atom. The van der Waals surface area contributed by atoms with E-state index in [2.05, 4.69) is 0 Å². The van der Waals surface area contributed by atoms with Gasteiger partial charge in [-0.1, -0.05) is 12.1 Å². The van der Waals surface area contributed by atoms with E-state index in [4.69, 9.17) is 14.9 Å². The van der Waals surface area contributed by atoms with Gasteiger partial charge in [-0.05, 0) is 36.2 Å². The van der Waals surface area contributed by atoms with E-state index in [1.165, 1.54) is 11.3 Å². The van der Waals surface area contributed by atoms with Gasteiger partial charge >= 0.3 is 5.97 Å².